The maximum atomic E-state index is 12.6. The van der Waals surface area contributed by atoms with Gasteiger partial charge in [0.15, 0.2) is 0 Å². The van der Waals surface area contributed by atoms with Crippen LogP contribution in [0.3, 0.4) is 0 Å². The molecule has 7 heteroatoms. The Morgan fingerprint density at radius 3 is 2.21 bits per heavy atom. The summed E-state index contributed by atoms with van der Waals surface area (Å²) in [6, 6.07) is -0.117. The van der Waals surface area contributed by atoms with Gasteiger partial charge in [-0.15, -0.1) is 0 Å². The van der Waals surface area contributed by atoms with E-state index in [0.717, 1.165) is 19.3 Å². The number of nitrogens with zero attached hydrogens (tertiary/aromatic N) is 2. The molecule has 2 unspecified atom stereocenters. The topological polar surface area (TPSA) is 77.9 Å². The zero-order chi connectivity index (χ0) is 14.2. The fourth-order valence-electron chi connectivity index (χ4n) is 2.84. The van der Waals surface area contributed by atoms with Crippen LogP contribution in [0.4, 0.5) is 0 Å². The van der Waals surface area contributed by atoms with E-state index >= 15 is 0 Å². The van der Waals surface area contributed by atoms with Crippen LogP contribution in [0.25, 0.3) is 0 Å². The molecule has 19 heavy (non-hydrogen) atoms. The zero-order valence-corrected chi connectivity index (χ0v) is 12.3. The zero-order valence-electron chi connectivity index (χ0n) is 11.4. The van der Waals surface area contributed by atoms with Crippen LogP contribution in [-0.2, 0) is 15.0 Å². The van der Waals surface area contributed by atoms with E-state index in [1.807, 2.05) is 13.8 Å². The molecular formula is C12H22N2O4S. The molecule has 1 N–H and O–H groups in total. The van der Waals surface area contributed by atoms with Crippen molar-refractivity contribution < 1.29 is 18.3 Å². The van der Waals surface area contributed by atoms with E-state index in [2.05, 4.69) is 0 Å². The first kappa shape index (κ1) is 14.7. The van der Waals surface area contributed by atoms with Crippen LogP contribution in [-0.4, -0.2) is 53.8 Å². The number of aliphatic carboxylic acids is 1. The second kappa shape index (κ2) is 5.38. The summed E-state index contributed by atoms with van der Waals surface area (Å²) in [5, 5.41) is 8.90. The molecule has 2 rings (SSSR count). The average Bonchev–Trinajstić information content (AvgIpc) is 3.07. The summed E-state index contributed by atoms with van der Waals surface area (Å²) in [6.45, 7) is 4.64. The molecule has 110 valence electrons. The Labute approximate surface area is 114 Å². The van der Waals surface area contributed by atoms with Gasteiger partial charge in [-0.3, -0.25) is 4.79 Å². The molecule has 0 spiro atoms. The molecule has 2 aliphatic rings. The highest BCUT2D eigenvalue weighted by molar-refractivity contribution is 7.86. The predicted molar refractivity (Wildman–Crippen MR) is 70.8 cm³/mol. The number of carboxylic acid groups (broad SMARTS) is 1. The average molecular weight is 290 g/mol. The Bertz CT molecular complexity index is 437. The van der Waals surface area contributed by atoms with Crippen LogP contribution in [0.15, 0.2) is 0 Å². The third-order valence-electron chi connectivity index (χ3n) is 3.70. The first-order valence-corrected chi connectivity index (χ1v) is 8.19. The number of carbonyl (C=O) groups is 1. The second-order valence-electron chi connectivity index (χ2n) is 5.94. The maximum Gasteiger partial charge on any atom is 0.318 e. The number of hydrogen-bond acceptors (Lipinski definition) is 3. The van der Waals surface area contributed by atoms with Gasteiger partial charge in [0.05, 0.1) is 0 Å². The minimum atomic E-state index is -3.64. The van der Waals surface area contributed by atoms with Gasteiger partial charge in [0.1, 0.15) is 6.54 Å². The number of hydrogen-bond donors (Lipinski definition) is 1. The van der Waals surface area contributed by atoms with Crippen LogP contribution >= 0.6 is 0 Å². The van der Waals surface area contributed by atoms with E-state index in [9.17, 15) is 13.2 Å². The third-order valence-corrected chi connectivity index (χ3v) is 5.67. The fraction of sp³-hybridized carbons (Fsp3) is 0.917. The first-order chi connectivity index (χ1) is 8.80. The van der Waals surface area contributed by atoms with Gasteiger partial charge in [0, 0.05) is 19.1 Å². The highest BCUT2D eigenvalue weighted by atomic mass is 32.2. The fourth-order valence-corrected chi connectivity index (χ4v) is 4.88. The first-order valence-electron chi connectivity index (χ1n) is 6.79. The molecule has 0 aromatic rings. The summed E-state index contributed by atoms with van der Waals surface area (Å²) in [5.41, 5.74) is 0. The molecule has 1 saturated carbocycles. The van der Waals surface area contributed by atoms with Gasteiger partial charge in [-0.05, 0) is 31.1 Å². The Morgan fingerprint density at radius 1 is 1.26 bits per heavy atom. The molecule has 1 aliphatic carbocycles. The molecule has 2 atom stereocenters. The predicted octanol–water partition coefficient (Wildman–Crippen LogP) is 0.758. The van der Waals surface area contributed by atoms with Crippen molar-refractivity contribution >= 4 is 16.2 Å². The Hall–Kier alpha value is -0.660. The number of rotatable bonds is 5. The van der Waals surface area contributed by atoms with Crippen LogP contribution in [0.2, 0.25) is 0 Å². The monoisotopic (exact) mass is 290 g/mol. The minimum Gasteiger partial charge on any atom is -0.480 e. The molecule has 0 amide bonds. The molecule has 1 aliphatic heterocycles. The van der Waals surface area contributed by atoms with Gasteiger partial charge in [-0.1, -0.05) is 13.8 Å². The number of carboxylic acids is 1. The summed E-state index contributed by atoms with van der Waals surface area (Å²) < 4.78 is 27.8. The lowest BCUT2D eigenvalue weighted by Gasteiger charge is -2.36. The highest BCUT2D eigenvalue weighted by Crippen LogP contribution is 2.32. The summed E-state index contributed by atoms with van der Waals surface area (Å²) >= 11 is 0. The van der Waals surface area contributed by atoms with Crippen LogP contribution in [0.5, 0.6) is 0 Å². The normalized spacial score (nSPS) is 29.6. The van der Waals surface area contributed by atoms with Crippen molar-refractivity contribution in [3.8, 4) is 0 Å². The van der Waals surface area contributed by atoms with Gasteiger partial charge in [0.2, 0.25) is 0 Å². The van der Waals surface area contributed by atoms with Gasteiger partial charge in [-0.25, -0.2) is 0 Å². The summed E-state index contributed by atoms with van der Waals surface area (Å²) in [4.78, 5) is 10.9. The SMILES string of the molecule is CC1CC(C)CN(S(=O)(=O)N(CC(=O)O)C2CC2)C1. The standard InChI is InChI=1S/C12H22N2O4S/c1-9-5-10(2)7-13(6-9)19(17,18)14(8-12(15)16)11-3-4-11/h9-11H,3-8H2,1-2H3,(H,15,16). The molecule has 0 bridgehead atoms. The van der Waals surface area contributed by atoms with E-state index in [-0.39, 0.29) is 6.04 Å². The smallest absolute Gasteiger partial charge is 0.318 e. The van der Waals surface area contributed by atoms with Crippen molar-refractivity contribution in [2.24, 2.45) is 11.8 Å². The van der Waals surface area contributed by atoms with E-state index in [1.165, 1.54) is 8.61 Å². The lowest BCUT2D eigenvalue weighted by molar-refractivity contribution is -0.137. The minimum absolute atomic E-state index is 0.117. The van der Waals surface area contributed by atoms with Gasteiger partial charge in [0.25, 0.3) is 10.2 Å². The quantitative estimate of drug-likeness (QED) is 0.811. The summed E-state index contributed by atoms with van der Waals surface area (Å²) in [6.07, 6.45) is 2.56. The molecule has 6 nitrogen and oxygen atoms in total. The van der Waals surface area contributed by atoms with Crippen molar-refractivity contribution in [1.29, 1.82) is 0 Å². The van der Waals surface area contributed by atoms with Gasteiger partial charge in [-0.2, -0.15) is 17.0 Å². The number of piperidine rings is 1. The van der Waals surface area contributed by atoms with Gasteiger partial charge >= 0.3 is 5.97 Å². The molecule has 2 fully saturated rings. The van der Waals surface area contributed by atoms with Crippen molar-refractivity contribution in [3.63, 3.8) is 0 Å². The maximum absolute atomic E-state index is 12.6. The summed E-state index contributed by atoms with van der Waals surface area (Å²) in [7, 11) is -3.64. The van der Waals surface area contributed by atoms with Crippen LogP contribution in [0.1, 0.15) is 33.1 Å². The van der Waals surface area contributed by atoms with E-state index in [1.54, 1.807) is 0 Å². The summed E-state index contributed by atoms with van der Waals surface area (Å²) in [5.74, 6) is -0.442. The molecular weight excluding hydrogens is 268 g/mol. The van der Waals surface area contributed by atoms with Crippen LogP contribution < -0.4 is 0 Å². The Balaban J connectivity index is 2.16. The Kier molecular flexibility index (Phi) is 4.17. The Morgan fingerprint density at radius 2 is 1.79 bits per heavy atom. The van der Waals surface area contributed by atoms with Crippen molar-refractivity contribution in [2.75, 3.05) is 19.6 Å². The lowest BCUT2D eigenvalue weighted by atomic mass is 9.94. The van der Waals surface area contributed by atoms with E-state index < -0.39 is 22.7 Å². The molecule has 0 aromatic heterocycles. The van der Waals surface area contributed by atoms with E-state index in [0.29, 0.717) is 24.9 Å². The highest BCUT2D eigenvalue weighted by Gasteiger charge is 2.43. The lowest BCUT2D eigenvalue weighted by Crippen LogP contribution is -2.51. The van der Waals surface area contributed by atoms with Crippen molar-refractivity contribution in [3.05, 3.63) is 0 Å². The van der Waals surface area contributed by atoms with Crippen LogP contribution in [0, 0.1) is 11.8 Å². The van der Waals surface area contributed by atoms with Gasteiger partial charge < -0.3 is 5.11 Å². The van der Waals surface area contributed by atoms with Crippen molar-refractivity contribution in [1.82, 2.24) is 8.61 Å². The molecule has 1 heterocycles. The molecule has 0 radical (unpaired) electrons. The second-order valence-corrected chi connectivity index (χ2v) is 7.82. The molecule has 0 aromatic carbocycles. The third kappa shape index (κ3) is 3.46. The van der Waals surface area contributed by atoms with Crippen molar-refractivity contribution in [2.45, 2.75) is 39.2 Å². The largest absolute Gasteiger partial charge is 0.480 e. The molecule has 1 saturated heterocycles. The van der Waals surface area contributed by atoms with E-state index in [4.69, 9.17) is 5.11 Å².